The minimum Gasteiger partial charge on any atom is -0.350 e. The van der Waals surface area contributed by atoms with Gasteiger partial charge >= 0.3 is 0 Å². The number of hydrogen-bond acceptors (Lipinski definition) is 5. The highest BCUT2D eigenvalue weighted by atomic mass is 32.1. The summed E-state index contributed by atoms with van der Waals surface area (Å²) in [6.45, 7) is 3.49. The Morgan fingerprint density at radius 3 is 2.70 bits per heavy atom. The standard InChI is InChI=1S/C14H24N4OS/c1-2-12-13(20-18-17-12)14(19)16-10-9-15-11-7-5-3-4-6-8-11/h11,15H,2-10H2,1H3,(H,16,19). The van der Waals surface area contributed by atoms with Crippen molar-refractivity contribution in [2.75, 3.05) is 13.1 Å². The first-order chi connectivity index (χ1) is 9.81. The maximum absolute atomic E-state index is 12.0. The van der Waals surface area contributed by atoms with Gasteiger partial charge in [0.15, 0.2) is 0 Å². The number of nitrogens with zero attached hydrogens (tertiary/aromatic N) is 2. The van der Waals surface area contributed by atoms with E-state index in [4.69, 9.17) is 0 Å². The Morgan fingerprint density at radius 2 is 2.00 bits per heavy atom. The normalized spacial score (nSPS) is 16.9. The van der Waals surface area contributed by atoms with Crippen molar-refractivity contribution in [2.24, 2.45) is 0 Å². The van der Waals surface area contributed by atoms with Crippen molar-refractivity contribution in [3.63, 3.8) is 0 Å². The molecule has 0 spiro atoms. The summed E-state index contributed by atoms with van der Waals surface area (Å²) in [6.07, 6.45) is 8.69. The number of aryl methyl sites for hydroxylation is 1. The van der Waals surface area contributed by atoms with E-state index in [1.165, 1.54) is 50.1 Å². The summed E-state index contributed by atoms with van der Waals surface area (Å²) in [5.74, 6) is -0.0421. The molecule has 2 N–H and O–H groups in total. The molecule has 0 saturated heterocycles. The van der Waals surface area contributed by atoms with Gasteiger partial charge in [0, 0.05) is 19.1 Å². The fourth-order valence-electron chi connectivity index (χ4n) is 2.63. The van der Waals surface area contributed by atoms with Crippen LogP contribution in [-0.4, -0.2) is 34.6 Å². The molecule has 0 unspecified atom stereocenters. The molecule has 1 heterocycles. The molecule has 1 aliphatic carbocycles. The summed E-state index contributed by atoms with van der Waals surface area (Å²) in [4.78, 5) is 12.6. The third-order valence-corrected chi connectivity index (χ3v) is 4.56. The average Bonchev–Trinajstić information content (AvgIpc) is 2.80. The van der Waals surface area contributed by atoms with E-state index in [0.717, 1.165) is 18.7 Å². The second kappa shape index (κ2) is 8.32. The fraction of sp³-hybridized carbons (Fsp3) is 0.786. The highest BCUT2D eigenvalue weighted by molar-refractivity contribution is 7.08. The monoisotopic (exact) mass is 296 g/mol. The molecule has 1 amide bonds. The largest absolute Gasteiger partial charge is 0.350 e. The van der Waals surface area contributed by atoms with Gasteiger partial charge in [-0.3, -0.25) is 4.79 Å². The predicted octanol–water partition coefficient (Wildman–Crippen LogP) is 2.14. The van der Waals surface area contributed by atoms with E-state index in [2.05, 4.69) is 20.2 Å². The van der Waals surface area contributed by atoms with Crippen molar-refractivity contribution in [2.45, 2.75) is 57.9 Å². The number of aromatic nitrogens is 2. The Hall–Kier alpha value is -1.01. The van der Waals surface area contributed by atoms with Crippen LogP contribution in [0, 0.1) is 0 Å². The van der Waals surface area contributed by atoms with Crippen molar-refractivity contribution in [3.05, 3.63) is 10.6 Å². The van der Waals surface area contributed by atoms with Gasteiger partial charge in [0.2, 0.25) is 0 Å². The van der Waals surface area contributed by atoms with Crippen molar-refractivity contribution >= 4 is 17.4 Å². The van der Waals surface area contributed by atoms with Crippen LogP contribution in [0.4, 0.5) is 0 Å². The second-order valence-electron chi connectivity index (χ2n) is 5.30. The smallest absolute Gasteiger partial charge is 0.264 e. The molecule has 0 aliphatic heterocycles. The van der Waals surface area contributed by atoms with E-state index >= 15 is 0 Å². The molecule has 20 heavy (non-hydrogen) atoms. The molecule has 2 rings (SSSR count). The van der Waals surface area contributed by atoms with Gasteiger partial charge in [0.25, 0.3) is 5.91 Å². The molecule has 0 radical (unpaired) electrons. The molecule has 6 heteroatoms. The lowest BCUT2D eigenvalue weighted by Gasteiger charge is -2.16. The van der Waals surface area contributed by atoms with Gasteiger partial charge in [-0.2, -0.15) is 0 Å². The first kappa shape index (κ1) is 15.4. The van der Waals surface area contributed by atoms with Crippen molar-refractivity contribution in [1.82, 2.24) is 20.2 Å². The van der Waals surface area contributed by atoms with E-state index < -0.39 is 0 Å². The van der Waals surface area contributed by atoms with E-state index in [1.54, 1.807) is 0 Å². The van der Waals surface area contributed by atoms with Gasteiger partial charge in [0.1, 0.15) is 4.88 Å². The Kier molecular flexibility index (Phi) is 6.39. The van der Waals surface area contributed by atoms with Crippen LogP contribution in [0.15, 0.2) is 0 Å². The summed E-state index contributed by atoms with van der Waals surface area (Å²) in [7, 11) is 0. The molecule has 1 aromatic rings. The minimum absolute atomic E-state index is 0.0421. The lowest BCUT2D eigenvalue weighted by molar-refractivity contribution is 0.0956. The predicted molar refractivity (Wildman–Crippen MR) is 81.1 cm³/mol. The third-order valence-electron chi connectivity index (χ3n) is 3.80. The number of carbonyl (C=O) groups excluding carboxylic acids is 1. The highest BCUT2D eigenvalue weighted by Crippen LogP contribution is 2.16. The maximum Gasteiger partial charge on any atom is 0.264 e. The Balaban J connectivity index is 1.66. The van der Waals surface area contributed by atoms with Crippen LogP contribution >= 0.6 is 11.5 Å². The number of nitrogens with one attached hydrogen (secondary N) is 2. The molecule has 0 atom stereocenters. The molecule has 0 aromatic carbocycles. The Bertz CT molecular complexity index is 413. The highest BCUT2D eigenvalue weighted by Gasteiger charge is 2.15. The number of rotatable bonds is 6. The number of hydrogen-bond donors (Lipinski definition) is 2. The first-order valence-corrected chi connectivity index (χ1v) is 8.41. The van der Waals surface area contributed by atoms with E-state index in [9.17, 15) is 4.79 Å². The van der Waals surface area contributed by atoms with Gasteiger partial charge in [-0.1, -0.05) is 37.1 Å². The van der Waals surface area contributed by atoms with Gasteiger partial charge in [-0.25, -0.2) is 0 Å². The van der Waals surface area contributed by atoms with Crippen LogP contribution in [0.5, 0.6) is 0 Å². The lowest BCUT2D eigenvalue weighted by atomic mass is 10.1. The van der Waals surface area contributed by atoms with Crippen LogP contribution in [0.3, 0.4) is 0 Å². The molecular formula is C14H24N4OS. The second-order valence-corrected chi connectivity index (χ2v) is 6.05. The Morgan fingerprint density at radius 1 is 1.25 bits per heavy atom. The van der Waals surface area contributed by atoms with Gasteiger partial charge in [0.05, 0.1) is 5.69 Å². The molecule has 5 nitrogen and oxygen atoms in total. The summed E-state index contributed by atoms with van der Waals surface area (Å²) in [6, 6.07) is 0.630. The zero-order valence-electron chi connectivity index (χ0n) is 12.2. The summed E-state index contributed by atoms with van der Waals surface area (Å²) >= 11 is 1.18. The molecule has 0 bridgehead atoms. The van der Waals surface area contributed by atoms with Gasteiger partial charge in [-0.15, -0.1) is 5.10 Å². The van der Waals surface area contributed by atoms with Gasteiger partial charge in [-0.05, 0) is 30.8 Å². The molecule has 1 aliphatic rings. The van der Waals surface area contributed by atoms with E-state index in [-0.39, 0.29) is 5.91 Å². The summed E-state index contributed by atoms with van der Waals surface area (Å²) in [5, 5.41) is 10.5. The molecule has 112 valence electrons. The summed E-state index contributed by atoms with van der Waals surface area (Å²) in [5.41, 5.74) is 0.796. The number of carbonyl (C=O) groups is 1. The van der Waals surface area contributed by atoms with Crippen LogP contribution in [0.25, 0.3) is 0 Å². The molecular weight excluding hydrogens is 272 g/mol. The lowest BCUT2D eigenvalue weighted by Crippen LogP contribution is -2.36. The van der Waals surface area contributed by atoms with Crippen LogP contribution in [0.1, 0.15) is 60.8 Å². The maximum atomic E-state index is 12.0. The van der Waals surface area contributed by atoms with Crippen LogP contribution in [-0.2, 0) is 6.42 Å². The molecule has 1 aromatic heterocycles. The number of amides is 1. The van der Waals surface area contributed by atoms with Crippen LogP contribution < -0.4 is 10.6 Å². The average molecular weight is 296 g/mol. The van der Waals surface area contributed by atoms with Gasteiger partial charge < -0.3 is 10.6 Å². The van der Waals surface area contributed by atoms with E-state index in [0.29, 0.717) is 17.5 Å². The fourth-order valence-corrected chi connectivity index (χ4v) is 3.30. The van der Waals surface area contributed by atoms with Crippen molar-refractivity contribution in [3.8, 4) is 0 Å². The SMILES string of the molecule is CCc1nnsc1C(=O)NCCNC1CCCCCC1. The zero-order valence-corrected chi connectivity index (χ0v) is 13.0. The first-order valence-electron chi connectivity index (χ1n) is 7.64. The van der Waals surface area contributed by atoms with E-state index in [1.807, 2.05) is 6.92 Å². The van der Waals surface area contributed by atoms with Crippen molar-refractivity contribution < 1.29 is 4.79 Å². The molecule has 1 saturated carbocycles. The zero-order chi connectivity index (χ0) is 14.2. The Labute approximate surface area is 124 Å². The quantitative estimate of drug-likeness (QED) is 0.623. The summed E-state index contributed by atoms with van der Waals surface area (Å²) < 4.78 is 3.84. The van der Waals surface area contributed by atoms with Crippen LogP contribution in [0.2, 0.25) is 0 Å². The minimum atomic E-state index is -0.0421. The topological polar surface area (TPSA) is 66.9 Å². The third kappa shape index (κ3) is 4.52. The molecule has 1 fully saturated rings. The van der Waals surface area contributed by atoms with Crippen molar-refractivity contribution in [1.29, 1.82) is 0 Å².